The van der Waals surface area contributed by atoms with E-state index in [1.165, 1.54) is 4.90 Å². The molecule has 2 aliphatic rings. The van der Waals surface area contributed by atoms with Crippen molar-refractivity contribution >= 4 is 35.4 Å². The summed E-state index contributed by atoms with van der Waals surface area (Å²) in [5.74, 6) is -3.15. The Hall–Kier alpha value is -4.02. The van der Waals surface area contributed by atoms with Gasteiger partial charge in [0.05, 0.1) is 12.6 Å². The standard InChI is InChI=1S/C36H52N4O7/c1-10-11-17-25(28(42)31(44)37-20-23(41)19-18-22-15-13-12-14-16-22)38-30(43)27-26-24(36(26,8)9)21-40(27)32(45)29(34(2,3)4)39-33(46)47-35(5,6)7/h10,12-16,24-27,29H,1,11,17-21H2,2-9H3,(H,37,44)(H,38,43)(H,39,46)/t24?,25?,26-,27?,29+/m0/s1. The molecule has 0 spiro atoms. The average Bonchev–Trinajstić information content (AvgIpc) is 3.29. The third kappa shape index (κ3) is 9.74. The maximum atomic E-state index is 14.1. The minimum absolute atomic E-state index is 0.0527. The monoisotopic (exact) mass is 652 g/mol. The fraction of sp³-hybridized carbons (Fsp3) is 0.611. The summed E-state index contributed by atoms with van der Waals surface area (Å²) < 4.78 is 5.42. The van der Waals surface area contributed by atoms with Crippen molar-refractivity contribution < 1.29 is 33.5 Å². The van der Waals surface area contributed by atoms with Crippen LogP contribution >= 0.6 is 0 Å². The van der Waals surface area contributed by atoms with E-state index < -0.39 is 58.7 Å². The molecule has 3 unspecified atom stereocenters. The van der Waals surface area contributed by atoms with Gasteiger partial charge in [0, 0.05) is 13.0 Å². The van der Waals surface area contributed by atoms with Gasteiger partial charge in [-0.05, 0) is 68.3 Å². The second kappa shape index (κ2) is 14.8. The Labute approximate surface area is 278 Å². The van der Waals surface area contributed by atoms with Gasteiger partial charge >= 0.3 is 6.09 Å². The van der Waals surface area contributed by atoms with Crippen molar-refractivity contribution in [3.8, 4) is 0 Å². The van der Waals surface area contributed by atoms with Crippen LogP contribution in [0.3, 0.4) is 0 Å². The predicted octanol–water partition coefficient (Wildman–Crippen LogP) is 3.75. The third-order valence-corrected chi connectivity index (χ3v) is 9.03. The summed E-state index contributed by atoms with van der Waals surface area (Å²) in [6.07, 6.45) is 2.02. The van der Waals surface area contributed by atoms with Gasteiger partial charge in [-0.15, -0.1) is 6.58 Å². The highest BCUT2D eigenvalue weighted by Crippen LogP contribution is 2.65. The number of carbonyl (C=O) groups excluding carboxylic acids is 6. The number of fused-ring (bicyclic) bond motifs is 1. The number of benzene rings is 1. The Morgan fingerprint density at radius 2 is 1.66 bits per heavy atom. The van der Waals surface area contributed by atoms with Crippen LogP contribution in [-0.4, -0.2) is 77.1 Å². The molecular weight excluding hydrogens is 600 g/mol. The van der Waals surface area contributed by atoms with E-state index in [9.17, 15) is 28.8 Å². The smallest absolute Gasteiger partial charge is 0.408 e. The molecule has 0 radical (unpaired) electrons. The zero-order chi connectivity index (χ0) is 35.3. The summed E-state index contributed by atoms with van der Waals surface area (Å²) in [5, 5.41) is 7.87. The van der Waals surface area contributed by atoms with Gasteiger partial charge in [-0.3, -0.25) is 24.0 Å². The van der Waals surface area contributed by atoms with Crippen LogP contribution in [0.1, 0.15) is 80.2 Å². The zero-order valence-electron chi connectivity index (χ0n) is 29.1. The molecule has 1 aromatic carbocycles. The normalized spacial score (nSPS) is 21.0. The first-order chi connectivity index (χ1) is 21.8. The van der Waals surface area contributed by atoms with E-state index in [4.69, 9.17) is 4.74 Å². The number of likely N-dealkylation sites (tertiary alicyclic amines) is 1. The number of aryl methyl sites for hydroxylation is 1. The molecule has 3 rings (SSSR count). The number of allylic oxidation sites excluding steroid dienone is 1. The van der Waals surface area contributed by atoms with Gasteiger partial charge in [0.25, 0.3) is 5.91 Å². The Bertz CT molecular complexity index is 1360. The number of ketones is 2. The number of carbonyl (C=O) groups is 6. The molecule has 11 nitrogen and oxygen atoms in total. The Morgan fingerprint density at radius 1 is 1.02 bits per heavy atom. The first kappa shape index (κ1) is 37.4. The summed E-state index contributed by atoms with van der Waals surface area (Å²) in [7, 11) is 0. The van der Waals surface area contributed by atoms with E-state index in [-0.39, 0.29) is 42.4 Å². The Balaban J connectivity index is 1.73. The lowest BCUT2D eigenvalue weighted by molar-refractivity contribution is -0.145. The van der Waals surface area contributed by atoms with Gasteiger partial charge in [0.1, 0.15) is 17.7 Å². The summed E-state index contributed by atoms with van der Waals surface area (Å²) in [6.45, 7) is 18.4. The molecule has 1 saturated heterocycles. The highest BCUT2D eigenvalue weighted by atomic mass is 16.6. The average molecular weight is 653 g/mol. The van der Waals surface area contributed by atoms with Crippen LogP contribution < -0.4 is 16.0 Å². The molecule has 1 aromatic rings. The molecule has 0 bridgehead atoms. The highest BCUT2D eigenvalue weighted by molar-refractivity contribution is 6.38. The van der Waals surface area contributed by atoms with Crippen LogP contribution in [0.15, 0.2) is 43.0 Å². The highest BCUT2D eigenvalue weighted by Gasteiger charge is 2.70. The fourth-order valence-electron chi connectivity index (χ4n) is 6.30. The van der Waals surface area contributed by atoms with Crippen LogP contribution in [0.25, 0.3) is 0 Å². The second-order valence-corrected chi connectivity index (χ2v) is 15.3. The van der Waals surface area contributed by atoms with E-state index in [0.29, 0.717) is 19.4 Å². The van der Waals surface area contributed by atoms with Gasteiger partial charge in [0.2, 0.25) is 17.6 Å². The number of ether oxygens (including phenoxy) is 1. The molecule has 1 saturated carbocycles. The van der Waals surface area contributed by atoms with Crippen LogP contribution in [0, 0.1) is 22.7 Å². The van der Waals surface area contributed by atoms with E-state index in [1.54, 1.807) is 26.8 Å². The van der Waals surface area contributed by atoms with Crippen molar-refractivity contribution in [2.75, 3.05) is 13.1 Å². The maximum absolute atomic E-state index is 14.1. The molecule has 5 atom stereocenters. The number of Topliss-reactive ketones (excluding diaryl/α,β-unsaturated/α-hetero) is 2. The van der Waals surface area contributed by atoms with Crippen LogP contribution in [-0.2, 0) is 35.1 Å². The molecule has 1 heterocycles. The van der Waals surface area contributed by atoms with E-state index in [0.717, 1.165) is 5.56 Å². The van der Waals surface area contributed by atoms with Gasteiger partial charge in [-0.2, -0.15) is 0 Å². The number of alkyl carbamates (subject to hydrolysis) is 1. The summed E-state index contributed by atoms with van der Waals surface area (Å²) >= 11 is 0. The number of hydrogen-bond acceptors (Lipinski definition) is 7. The Kier molecular flexibility index (Phi) is 11.8. The number of amides is 4. The first-order valence-corrected chi connectivity index (χ1v) is 16.4. The first-order valence-electron chi connectivity index (χ1n) is 16.4. The number of rotatable bonds is 14. The largest absolute Gasteiger partial charge is 0.444 e. The number of hydrogen-bond donors (Lipinski definition) is 3. The third-order valence-electron chi connectivity index (χ3n) is 9.03. The predicted molar refractivity (Wildman–Crippen MR) is 178 cm³/mol. The van der Waals surface area contributed by atoms with Crippen LogP contribution in [0.2, 0.25) is 0 Å². The molecule has 11 heteroatoms. The minimum Gasteiger partial charge on any atom is -0.444 e. The molecule has 4 amide bonds. The van der Waals surface area contributed by atoms with Crippen LogP contribution in [0.5, 0.6) is 0 Å². The zero-order valence-corrected chi connectivity index (χ0v) is 29.1. The SMILES string of the molecule is C=CCCC(NC(=O)C1[C@@H]2C(CN1C(=O)[C@@H](NC(=O)OC(C)(C)C)C(C)(C)C)C2(C)C)C(=O)C(=O)NCC(=O)CCc1ccccc1. The van der Waals surface area contributed by atoms with Crippen molar-refractivity contribution in [2.45, 2.75) is 105 Å². The molecular formula is C36H52N4O7. The second-order valence-electron chi connectivity index (χ2n) is 15.3. The summed E-state index contributed by atoms with van der Waals surface area (Å²) in [5.41, 5.74) is -0.708. The lowest BCUT2D eigenvalue weighted by Crippen LogP contribution is -2.60. The fourth-order valence-corrected chi connectivity index (χ4v) is 6.30. The lowest BCUT2D eigenvalue weighted by Gasteiger charge is -2.38. The van der Waals surface area contributed by atoms with Crippen molar-refractivity contribution in [3.63, 3.8) is 0 Å². The molecule has 258 valence electrons. The molecule has 3 N–H and O–H groups in total. The van der Waals surface area contributed by atoms with E-state index >= 15 is 0 Å². The lowest BCUT2D eigenvalue weighted by atomic mass is 9.85. The molecule has 1 aliphatic carbocycles. The Morgan fingerprint density at radius 3 is 2.23 bits per heavy atom. The van der Waals surface area contributed by atoms with Gasteiger partial charge < -0.3 is 25.6 Å². The van der Waals surface area contributed by atoms with Crippen molar-refractivity contribution in [1.82, 2.24) is 20.9 Å². The summed E-state index contributed by atoms with van der Waals surface area (Å²) in [4.78, 5) is 80.8. The number of nitrogens with zero attached hydrogens (tertiary/aromatic N) is 1. The quantitative estimate of drug-likeness (QED) is 0.205. The minimum atomic E-state index is -1.18. The number of piperidine rings is 1. The molecule has 47 heavy (non-hydrogen) atoms. The van der Waals surface area contributed by atoms with E-state index in [2.05, 4.69) is 22.5 Å². The topological polar surface area (TPSA) is 151 Å². The number of nitrogens with one attached hydrogen (secondary N) is 3. The molecule has 1 aliphatic heterocycles. The van der Waals surface area contributed by atoms with Crippen molar-refractivity contribution in [1.29, 1.82) is 0 Å². The maximum Gasteiger partial charge on any atom is 0.408 e. The molecule has 2 fully saturated rings. The summed E-state index contributed by atoms with van der Waals surface area (Å²) in [6, 6.07) is 6.39. The van der Waals surface area contributed by atoms with Crippen molar-refractivity contribution in [3.05, 3.63) is 48.6 Å². The van der Waals surface area contributed by atoms with Gasteiger partial charge in [0.15, 0.2) is 5.78 Å². The van der Waals surface area contributed by atoms with Crippen LogP contribution in [0.4, 0.5) is 4.79 Å². The molecule has 0 aromatic heterocycles. The van der Waals surface area contributed by atoms with Crippen molar-refractivity contribution in [2.24, 2.45) is 22.7 Å². The van der Waals surface area contributed by atoms with Gasteiger partial charge in [-0.25, -0.2) is 4.79 Å². The van der Waals surface area contributed by atoms with E-state index in [1.807, 2.05) is 65.0 Å². The van der Waals surface area contributed by atoms with Gasteiger partial charge in [-0.1, -0.05) is 71.0 Å².